The van der Waals surface area contributed by atoms with E-state index < -0.39 is 23.2 Å². The van der Waals surface area contributed by atoms with Crippen LogP contribution in [0.4, 0.5) is 0 Å². The minimum absolute atomic E-state index is 0. The van der Waals surface area contributed by atoms with Crippen molar-refractivity contribution in [2.75, 3.05) is 0 Å². The number of benzene rings is 1. The summed E-state index contributed by atoms with van der Waals surface area (Å²) in [7, 11) is 0. The van der Waals surface area contributed by atoms with Gasteiger partial charge in [0, 0.05) is 0 Å². The fourth-order valence-corrected chi connectivity index (χ4v) is 4.02. The Kier molecular flexibility index (Phi) is 4.69. The Morgan fingerprint density at radius 2 is 1.85 bits per heavy atom. The van der Waals surface area contributed by atoms with E-state index in [1.165, 1.54) is 6.42 Å². The summed E-state index contributed by atoms with van der Waals surface area (Å²) < 4.78 is 3.26. The molecule has 1 aliphatic carbocycles. The van der Waals surface area contributed by atoms with Crippen molar-refractivity contribution < 1.29 is 23.2 Å². The zero-order chi connectivity index (χ0) is 8.23. The van der Waals surface area contributed by atoms with E-state index in [4.69, 9.17) is 0 Å². The molecule has 0 radical (unpaired) electrons. The summed E-state index contributed by atoms with van der Waals surface area (Å²) in [6, 6.07) is 10.9. The van der Waals surface area contributed by atoms with Crippen molar-refractivity contribution >= 4 is 15.7 Å². The predicted molar refractivity (Wildman–Crippen MR) is 55.2 cm³/mol. The summed E-state index contributed by atoms with van der Waals surface area (Å²) in [5.41, 5.74) is 0. The van der Waals surface area contributed by atoms with E-state index in [1.54, 1.807) is 6.55 Å². The second-order valence-electron chi connectivity index (χ2n) is 2.82. The SMILES string of the molecule is C1=CC[C]([Zr][c]2ccccc2)=C1.Cl. The van der Waals surface area contributed by atoms with Crippen molar-refractivity contribution in [2.45, 2.75) is 6.42 Å². The number of hydrogen-bond donors (Lipinski definition) is 0. The Bertz CT molecular complexity index is 314. The molecule has 0 aliphatic heterocycles. The minimum Gasteiger partial charge on any atom is -0.147 e. The molecule has 1 aliphatic rings. The fraction of sp³-hybridized carbons (Fsp3) is 0.0909. The van der Waals surface area contributed by atoms with Crippen LogP contribution >= 0.6 is 12.4 Å². The van der Waals surface area contributed by atoms with Crippen LogP contribution in [0.3, 0.4) is 0 Å². The maximum absolute atomic E-state index is 2.29. The molecular weight excluding hydrogens is 259 g/mol. The van der Waals surface area contributed by atoms with Crippen molar-refractivity contribution in [1.82, 2.24) is 0 Å². The third kappa shape index (κ3) is 3.25. The smallest absolute Gasteiger partial charge is 0.147 e. The molecule has 1 aromatic carbocycles. The zero-order valence-electron chi connectivity index (χ0n) is 7.23. The van der Waals surface area contributed by atoms with Gasteiger partial charge in [0.15, 0.2) is 0 Å². The molecule has 0 heterocycles. The van der Waals surface area contributed by atoms with E-state index in [1.807, 2.05) is 0 Å². The van der Waals surface area contributed by atoms with E-state index >= 15 is 0 Å². The molecule has 0 aromatic heterocycles. The molecule has 0 nitrogen and oxygen atoms in total. The van der Waals surface area contributed by atoms with Gasteiger partial charge in [-0.25, -0.2) is 0 Å². The maximum Gasteiger partial charge on any atom is -0.147 e. The first-order valence-corrected chi connectivity index (χ1v) is 6.59. The van der Waals surface area contributed by atoms with Crippen LogP contribution in [0, 0.1) is 0 Å². The Labute approximate surface area is 96.7 Å². The molecule has 2 heteroatoms. The Balaban J connectivity index is 0.000000845. The first-order valence-electron chi connectivity index (χ1n) is 4.13. The van der Waals surface area contributed by atoms with Gasteiger partial charge in [-0.2, -0.15) is 0 Å². The van der Waals surface area contributed by atoms with Crippen LogP contribution in [0.5, 0.6) is 0 Å². The number of allylic oxidation sites excluding steroid dienone is 4. The van der Waals surface area contributed by atoms with Crippen LogP contribution < -0.4 is 3.27 Å². The van der Waals surface area contributed by atoms with E-state index in [0.717, 1.165) is 0 Å². The van der Waals surface area contributed by atoms with E-state index in [2.05, 4.69) is 48.6 Å². The summed E-state index contributed by atoms with van der Waals surface area (Å²) >= 11 is -0.414. The van der Waals surface area contributed by atoms with Gasteiger partial charge in [-0.05, 0) is 0 Å². The molecule has 13 heavy (non-hydrogen) atoms. The summed E-state index contributed by atoms with van der Waals surface area (Å²) in [6.45, 7) is 0. The van der Waals surface area contributed by atoms with Gasteiger partial charge in [0.1, 0.15) is 0 Å². The van der Waals surface area contributed by atoms with E-state index in [9.17, 15) is 0 Å². The van der Waals surface area contributed by atoms with Crippen LogP contribution in [0.1, 0.15) is 6.42 Å². The molecule has 0 unspecified atom stereocenters. The van der Waals surface area contributed by atoms with Crippen molar-refractivity contribution in [3.8, 4) is 0 Å². The van der Waals surface area contributed by atoms with Crippen LogP contribution in [0.15, 0.2) is 51.8 Å². The summed E-state index contributed by atoms with van der Waals surface area (Å²) in [6.07, 6.45) is 7.93. The molecule has 0 saturated heterocycles. The van der Waals surface area contributed by atoms with Gasteiger partial charge < -0.3 is 0 Å². The third-order valence-electron chi connectivity index (χ3n) is 1.85. The standard InChI is InChI=1S/C6H5.C5H5.ClH.Zr/c1-2-4-6-5-3-1;1-2-4-5-3-1;;/h1-5H;1-3H,4H2;1H;. The van der Waals surface area contributed by atoms with Crippen LogP contribution in [0.25, 0.3) is 0 Å². The maximum atomic E-state index is 2.29. The van der Waals surface area contributed by atoms with Crippen molar-refractivity contribution in [3.05, 3.63) is 51.8 Å². The Morgan fingerprint density at radius 1 is 1.08 bits per heavy atom. The Hall–Kier alpha value is -0.127. The molecule has 0 amide bonds. The van der Waals surface area contributed by atoms with Gasteiger partial charge in [-0.1, -0.05) is 0 Å². The summed E-state index contributed by atoms with van der Waals surface area (Å²) in [5.74, 6) is 0. The normalized spacial score (nSPS) is 13.4. The first kappa shape index (κ1) is 11.0. The molecule has 66 valence electrons. The molecular formula is C11H11ClZr. The summed E-state index contributed by atoms with van der Waals surface area (Å²) in [5, 5.41) is 0. The van der Waals surface area contributed by atoms with Gasteiger partial charge in [-0.15, -0.1) is 12.4 Å². The molecule has 0 spiro atoms. The van der Waals surface area contributed by atoms with E-state index in [0.29, 0.717) is 0 Å². The van der Waals surface area contributed by atoms with Crippen molar-refractivity contribution in [1.29, 1.82) is 0 Å². The fourth-order valence-electron chi connectivity index (χ4n) is 1.25. The van der Waals surface area contributed by atoms with E-state index in [-0.39, 0.29) is 12.4 Å². The average Bonchev–Trinajstić information content (AvgIpc) is 2.59. The van der Waals surface area contributed by atoms with Gasteiger partial charge in [0.2, 0.25) is 0 Å². The number of rotatable bonds is 2. The first-order chi connectivity index (χ1) is 5.95. The van der Waals surface area contributed by atoms with Crippen LogP contribution in [0.2, 0.25) is 0 Å². The molecule has 0 bridgehead atoms. The molecule has 0 fully saturated rings. The third-order valence-corrected chi connectivity index (χ3v) is 5.08. The van der Waals surface area contributed by atoms with Gasteiger partial charge >= 0.3 is 84.8 Å². The minimum atomic E-state index is -0.414. The van der Waals surface area contributed by atoms with Crippen molar-refractivity contribution in [3.63, 3.8) is 0 Å². The molecule has 0 atom stereocenters. The van der Waals surface area contributed by atoms with Gasteiger partial charge in [0.05, 0.1) is 0 Å². The largest absolute Gasteiger partial charge is 0.147 e. The topological polar surface area (TPSA) is 0 Å². The quantitative estimate of drug-likeness (QED) is 0.775. The van der Waals surface area contributed by atoms with Gasteiger partial charge in [-0.3, -0.25) is 0 Å². The van der Waals surface area contributed by atoms with Crippen LogP contribution in [-0.4, -0.2) is 0 Å². The summed E-state index contributed by atoms with van der Waals surface area (Å²) in [4.78, 5) is 0. The average molecular weight is 270 g/mol. The van der Waals surface area contributed by atoms with Crippen LogP contribution in [-0.2, 0) is 23.2 Å². The Morgan fingerprint density at radius 3 is 2.46 bits per heavy atom. The van der Waals surface area contributed by atoms with Crippen molar-refractivity contribution in [2.24, 2.45) is 0 Å². The number of halogens is 1. The second-order valence-corrected chi connectivity index (χ2v) is 6.43. The monoisotopic (exact) mass is 268 g/mol. The molecule has 0 saturated carbocycles. The molecule has 1 aromatic rings. The number of hydrogen-bond acceptors (Lipinski definition) is 0. The molecule has 0 N–H and O–H groups in total. The molecule has 2 rings (SSSR count). The predicted octanol–water partition coefficient (Wildman–Crippen LogP) is 2.66. The second kappa shape index (κ2) is 5.57. The van der Waals surface area contributed by atoms with Gasteiger partial charge in [0.25, 0.3) is 0 Å². The zero-order valence-corrected chi connectivity index (χ0v) is 10.5.